The molecule has 0 saturated heterocycles. The topological polar surface area (TPSA) is 29.1 Å². The largest absolute Gasteiger partial charge is 0.416 e. The average Bonchev–Trinajstić information content (AvgIpc) is 2.47. The molecule has 0 spiro atoms. The van der Waals surface area contributed by atoms with E-state index in [9.17, 15) is 18.0 Å². The molecule has 0 saturated carbocycles. The SMILES string of the molecule is O=C(Nc1cccc(C(F)(F)F)c1)/C(Br)=C/c1ccccc1. The summed E-state index contributed by atoms with van der Waals surface area (Å²) >= 11 is 3.12. The Hall–Kier alpha value is -2.08. The Kier molecular flexibility index (Phi) is 5.03. The van der Waals surface area contributed by atoms with Crippen molar-refractivity contribution in [3.8, 4) is 0 Å². The molecule has 1 N–H and O–H groups in total. The van der Waals surface area contributed by atoms with Gasteiger partial charge < -0.3 is 5.32 Å². The third-order valence-corrected chi connectivity index (χ3v) is 3.35. The second-order valence-electron chi connectivity index (χ2n) is 4.44. The van der Waals surface area contributed by atoms with Crippen LogP contribution in [-0.2, 0) is 11.0 Å². The van der Waals surface area contributed by atoms with Gasteiger partial charge in [0.15, 0.2) is 0 Å². The van der Waals surface area contributed by atoms with Gasteiger partial charge in [0.2, 0.25) is 0 Å². The van der Waals surface area contributed by atoms with Gasteiger partial charge >= 0.3 is 6.18 Å². The summed E-state index contributed by atoms with van der Waals surface area (Å²) in [7, 11) is 0. The molecule has 2 aromatic rings. The van der Waals surface area contributed by atoms with E-state index in [4.69, 9.17) is 0 Å². The van der Waals surface area contributed by atoms with Crippen LogP contribution in [0.4, 0.5) is 18.9 Å². The summed E-state index contributed by atoms with van der Waals surface area (Å²) in [6, 6.07) is 13.6. The number of anilines is 1. The van der Waals surface area contributed by atoms with Crippen LogP contribution >= 0.6 is 15.9 Å². The molecule has 0 aromatic heterocycles. The Labute approximate surface area is 133 Å². The van der Waals surface area contributed by atoms with E-state index in [0.29, 0.717) is 0 Å². The third-order valence-electron chi connectivity index (χ3n) is 2.76. The van der Waals surface area contributed by atoms with Gasteiger partial charge in [0.05, 0.1) is 10.0 Å². The number of alkyl halides is 3. The number of amides is 1. The normalized spacial score (nSPS) is 12.1. The van der Waals surface area contributed by atoms with Crippen LogP contribution in [0.2, 0.25) is 0 Å². The Balaban J connectivity index is 2.14. The first kappa shape index (κ1) is 16.3. The number of nitrogens with one attached hydrogen (secondary N) is 1. The lowest BCUT2D eigenvalue weighted by molar-refractivity contribution is -0.137. The van der Waals surface area contributed by atoms with Gasteiger partial charge in [-0.3, -0.25) is 4.79 Å². The molecular formula is C16H11BrF3NO. The van der Waals surface area contributed by atoms with E-state index in [0.717, 1.165) is 17.7 Å². The standard InChI is InChI=1S/C16H11BrF3NO/c17-14(9-11-5-2-1-3-6-11)15(22)21-13-8-4-7-12(10-13)16(18,19)20/h1-10H,(H,21,22)/b14-9-. The van der Waals surface area contributed by atoms with Gasteiger partial charge in [0.25, 0.3) is 5.91 Å². The van der Waals surface area contributed by atoms with Gasteiger partial charge in [-0.2, -0.15) is 13.2 Å². The number of halogens is 4. The highest BCUT2D eigenvalue weighted by atomic mass is 79.9. The molecule has 2 aromatic carbocycles. The van der Waals surface area contributed by atoms with Gasteiger partial charge in [-0.25, -0.2) is 0 Å². The fourth-order valence-electron chi connectivity index (χ4n) is 1.73. The van der Waals surface area contributed by atoms with Gasteiger partial charge in [-0.1, -0.05) is 36.4 Å². The highest BCUT2D eigenvalue weighted by Crippen LogP contribution is 2.30. The minimum Gasteiger partial charge on any atom is -0.322 e. The van der Waals surface area contributed by atoms with Crippen molar-refractivity contribution in [3.05, 3.63) is 70.2 Å². The van der Waals surface area contributed by atoms with Crippen molar-refractivity contribution in [1.82, 2.24) is 0 Å². The quantitative estimate of drug-likeness (QED) is 0.751. The lowest BCUT2D eigenvalue weighted by atomic mass is 10.2. The molecule has 0 radical (unpaired) electrons. The van der Waals surface area contributed by atoms with E-state index >= 15 is 0 Å². The Bertz CT molecular complexity index is 696. The van der Waals surface area contributed by atoms with Crippen LogP contribution in [-0.4, -0.2) is 5.91 Å². The van der Waals surface area contributed by atoms with Crippen molar-refractivity contribution < 1.29 is 18.0 Å². The highest BCUT2D eigenvalue weighted by molar-refractivity contribution is 9.12. The Morgan fingerprint density at radius 3 is 2.36 bits per heavy atom. The number of carbonyl (C=O) groups excluding carboxylic acids is 1. The second kappa shape index (κ2) is 6.79. The molecule has 2 nitrogen and oxygen atoms in total. The summed E-state index contributed by atoms with van der Waals surface area (Å²) in [6.45, 7) is 0. The van der Waals surface area contributed by atoms with E-state index in [1.807, 2.05) is 18.2 Å². The average molecular weight is 370 g/mol. The smallest absolute Gasteiger partial charge is 0.322 e. The molecule has 22 heavy (non-hydrogen) atoms. The van der Waals surface area contributed by atoms with Crippen molar-refractivity contribution in [2.24, 2.45) is 0 Å². The Morgan fingerprint density at radius 1 is 1.05 bits per heavy atom. The van der Waals surface area contributed by atoms with Crippen LogP contribution in [0.15, 0.2) is 59.1 Å². The summed E-state index contributed by atoms with van der Waals surface area (Å²) in [5, 5.41) is 2.42. The summed E-state index contributed by atoms with van der Waals surface area (Å²) in [5.74, 6) is -0.525. The molecule has 0 aliphatic heterocycles. The van der Waals surface area contributed by atoms with Crippen LogP contribution in [0.3, 0.4) is 0 Å². The van der Waals surface area contributed by atoms with E-state index < -0.39 is 17.6 Å². The van der Waals surface area contributed by atoms with Crippen LogP contribution in [0.5, 0.6) is 0 Å². The third kappa shape index (κ3) is 4.46. The van der Waals surface area contributed by atoms with Crippen molar-refractivity contribution in [2.45, 2.75) is 6.18 Å². The summed E-state index contributed by atoms with van der Waals surface area (Å²) in [4.78, 5) is 12.0. The van der Waals surface area contributed by atoms with Crippen LogP contribution in [0, 0.1) is 0 Å². The number of hydrogen-bond acceptors (Lipinski definition) is 1. The molecule has 2 rings (SSSR count). The molecule has 114 valence electrons. The lowest BCUT2D eigenvalue weighted by Gasteiger charge is -2.09. The fraction of sp³-hybridized carbons (Fsp3) is 0.0625. The van der Waals surface area contributed by atoms with Crippen LogP contribution in [0.1, 0.15) is 11.1 Å². The number of carbonyl (C=O) groups is 1. The molecule has 0 atom stereocenters. The maximum atomic E-state index is 12.6. The molecule has 0 unspecified atom stereocenters. The second-order valence-corrected chi connectivity index (χ2v) is 5.29. The first-order valence-corrected chi connectivity index (χ1v) is 7.06. The molecular weight excluding hydrogens is 359 g/mol. The first-order chi connectivity index (χ1) is 10.4. The van der Waals surface area contributed by atoms with Crippen LogP contribution < -0.4 is 5.32 Å². The number of benzene rings is 2. The van der Waals surface area contributed by atoms with E-state index in [1.165, 1.54) is 12.1 Å². The zero-order valence-corrected chi connectivity index (χ0v) is 12.8. The first-order valence-electron chi connectivity index (χ1n) is 6.27. The molecule has 0 aliphatic carbocycles. The number of rotatable bonds is 3. The molecule has 0 bridgehead atoms. The molecule has 0 fully saturated rings. The zero-order chi connectivity index (χ0) is 16.2. The summed E-state index contributed by atoms with van der Waals surface area (Å²) in [6.07, 6.45) is -2.86. The highest BCUT2D eigenvalue weighted by Gasteiger charge is 2.30. The van der Waals surface area contributed by atoms with Gasteiger partial charge in [-0.05, 0) is 45.8 Å². The van der Waals surface area contributed by atoms with Crippen LogP contribution in [0.25, 0.3) is 6.08 Å². The van der Waals surface area contributed by atoms with Gasteiger partial charge in [0, 0.05) is 5.69 Å². The molecule has 0 aliphatic rings. The molecule has 6 heteroatoms. The van der Waals surface area contributed by atoms with Gasteiger partial charge in [-0.15, -0.1) is 0 Å². The van der Waals surface area contributed by atoms with E-state index in [2.05, 4.69) is 21.2 Å². The predicted molar refractivity (Wildman–Crippen MR) is 83.4 cm³/mol. The molecule has 0 heterocycles. The maximum absolute atomic E-state index is 12.6. The van der Waals surface area contributed by atoms with Crippen molar-refractivity contribution in [2.75, 3.05) is 5.32 Å². The number of hydrogen-bond donors (Lipinski definition) is 1. The predicted octanol–water partition coefficient (Wildman–Crippen LogP) is 5.08. The minimum absolute atomic E-state index is 0.0817. The molecule has 1 amide bonds. The lowest BCUT2D eigenvalue weighted by Crippen LogP contribution is -2.12. The maximum Gasteiger partial charge on any atom is 0.416 e. The van der Waals surface area contributed by atoms with E-state index in [1.54, 1.807) is 18.2 Å². The summed E-state index contributed by atoms with van der Waals surface area (Å²) in [5.41, 5.74) is 0.0697. The van der Waals surface area contributed by atoms with Crippen molar-refractivity contribution in [3.63, 3.8) is 0 Å². The monoisotopic (exact) mass is 369 g/mol. The summed E-state index contributed by atoms with van der Waals surface area (Å²) < 4.78 is 38.1. The van der Waals surface area contributed by atoms with Crippen molar-refractivity contribution in [1.29, 1.82) is 0 Å². The van der Waals surface area contributed by atoms with Crippen molar-refractivity contribution >= 4 is 33.6 Å². The zero-order valence-electron chi connectivity index (χ0n) is 11.2. The van der Waals surface area contributed by atoms with E-state index in [-0.39, 0.29) is 10.2 Å². The minimum atomic E-state index is -4.45. The van der Waals surface area contributed by atoms with Gasteiger partial charge in [0.1, 0.15) is 0 Å². The Morgan fingerprint density at radius 2 is 1.73 bits per heavy atom. The fourth-order valence-corrected chi connectivity index (χ4v) is 2.09.